The molecule has 1 aliphatic rings. The molecule has 2 N–H and O–H groups in total. The molecule has 52 valence electrons. The Bertz CT molecular complexity index is 140. The summed E-state index contributed by atoms with van der Waals surface area (Å²) in [5.74, 6) is -0.204. The molecule has 0 aromatic heterocycles. The third kappa shape index (κ3) is 0.784. The van der Waals surface area contributed by atoms with Gasteiger partial charge in [0.05, 0.1) is 5.70 Å². The molecular weight excluding hydrogens is 126 g/mol. The van der Waals surface area contributed by atoms with Crippen molar-refractivity contribution in [2.75, 3.05) is 0 Å². The lowest BCUT2D eigenvalue weighted by atomic mass is 10.5. The topological polar surface area (TPSA) is 87.8 Å². The fourth-order valence-electron chi connectivity index (χ4n) is 0.398. The van der Waals surface area contributed by atoms with Gasteiger partial charge in [-0.3, -0.25) is 10.5 Å². The first kappa shape index (κ1) is 6.14. The van der Waals surface area contributed by atoms with E-state index in [9.17, 15) is 10.4 Å². The van der Waals surface area contributed by atoms with Gasteiger partial charge >= 0.3 is 0 Å². The van der Waals surface area contributed by atoms with Crippen LogP contribution in [-0.2, 0) is 4.94 Å². The fourth-order valence-corrected chi connectivity index (χ4v) is 0.398. The van der Waals surface area contributed by atoms with E-state index in [4.69, 9.17) is 5.73 Å². The predicted molar refractivity (Wildman–Crippen MR) is 28.4 cm³/mol. The van der Waals surface area contributed by atoms with Gasteiger partial charge in [-0.05, 0) is 6.92 Å². The average molecular weight is 131 g/mol. The van der Waals surface area contributed by atoms with Crippen LogP contribution >= 0.6 is 0 Å². The molecule has 6 nitrogen and oxygen atoms in total. The first-order valence-electron chi connectivity index (χ1n) is 2.22. The maximum Gasteiger partial charge on any atom is 0.135 e. The van der Waals surface area contributed by atoms with E-state index in [0.29, 0.717) is 0 Å². The van der Waals surface area contributed by atoms with Crippen molar-refractivity contribution in [1.82, 2.24) is 10.5 Å². The van der Waals surface area contributed by atoms with E-state index >= 15 is 0 Å². The fraction of sp³-hybridized carbons (Fsp3) is 0.333. The van der Waals surface area contributed by atoms with E-state index in [1.54, 1.807) is 0 Å². The number of hydroxylamine groups is 4. The highest BCUT2D eigenvalue weighted by molar-refractivity contribution is 5.07. The summed E-state index contributed by atoms with van der Waals surface area (Å²) in [4.78, 5) is 3.94. The summed E-state index contributed by atoms with van der Waals surface area (Å²) in [6.07, 6.45) is 0. The van der Waals surface area contributed by atoms with Crippen LogP contribution in [0, 0.1) is 10.4 Å². The molecule has 0 bridgehead atoms. The molecule has 1 rings (SSSR count). The molecule has 0 amide bonds. The minimum Gasteiger partial charge on any atom is -0.732 e. The first-order chi connectivity index (χ1) is 4.13. The zero-order chi connectivity index (χ0) is 7.02. The van der Waals surface area contributed by atoms with Gasteiger partial charge < -0.3 is 16.1 Å². The molecule has 0 saturated carbocycles. The lowest BCUT2D eigenvalue weighted by Gasteiger charge is -2.27. The predicted octanol–water partition coefficient (Wildman–Crippen LogP) is -0.406. The highest BCUT2D eigenvalue weighted by Gasteiger charge is 2.11. The standard InChI is InChI=1S/C3H5N3O3/c1-2-3(4)6(8)9-5(2)7/h4H2,1H3/q-2. The maximum atomic E-state index is 10.3. The third-order valence-electron chi connectivity index (χ3n) is 0.990. The molecule has 1 heterocycles. The van der Waals surface area contributed by atoms with E-state index in [-0.39, 0.29) is 22.0 Å². The van der Waals surface area contributed by atoms with Crippen LogP contribution < -0.4 is 5.73 Å². The summed E-state index contributed by atoms with van der Waals surface area (Å²) in [7, 11) is 0. The monoisotopic (exact) mass is 131 g/mol. The van der Waals surface area contributed by atoms with E-state index < -0.39 is 0 Å². The molecule has 0 aliphatic carbocycles. The molecule has 0 aromatic rings. The lowest BCUT2D eigenvalue weighted by molar-refractivity contribution is -0.219. The van der Waals surface area contributed by atoms with Gasteiger partial charge in [0, 0.05) is 0 Å². The lowest BCUT2D eigenvalue weighted by Crippen LogP contribution is -2.17. The van der Waals surface area contributed by atoms with Gasteiger partial charge in [0.15, 0.2) is 0 Å². The van der Waals surface area contributed by atoms with Crippen molar-refractivity contribution in [2.24, 2.45) is 5.73 Å². The smallest absolute Gasteiger partial charge is 0.135 e. The summed E-state index contributed by atoms with van der Waals surface area (Å²) in [6.45, 7) is 1.39. The van der Waals surface area contributed by atoms with Gasteiger partial charge in [0.25, 0.3) is 0 Å². The highest BCUT2D eigenvalue weighted by Crippen LogP contribution is 2.17. The summed E-state index contributed by atoms with van der Waals surface area (Å²) in [5, 5.41) is 20.6. The first-order valence-corrected chi connectivity index (χ1v) is 2.22. The average Bonchev–Trinajstić information content (AvgIpc) is 1.98. The van der Waals surface area contributed by atoms with Crippen LogP contribution in [0.2, 0.25) is 0 Å². The number of rotatable bonds is 0. The van der Waals surface area contributed by atoms with Crippen LogP contribution in [0.3, 0.4) is 0 Å². The van der Waals surface area contributed by atoms with Crippen LogP contribution in [-0.4, -0.2) is 10.5 Å². The Morgan fingerprint density at radius 2 is 2.00 bits per heavy atom. The molecule has 6 heteroatoms. The molecule has 0 spiro atoms. The van der Waals surface area contributed by atoms with Crippen molar-refractivity contribution in [2.45, 2.75) is 6.92 Å². The molecule has 0 aromatic carbocycles. The number of hydrogen-bond donors (Lipinski definition) is 1. The van der Waals surface area contributed by atoms with Crippen molar-refractivity contribution >= 4 is 0 Å². The Morgan fingerprint density at radius 3 is 2.11 bits per heavy atom. The van der Waals surface area contributed by atoms with Crippen LogP contribution in [0.4, 0.5) is 0 Å². The van der Waals surface area contributed by atoms with Crippen LogP contribution in [0.25, 0.3) is 0 Å². The van der Waals surface area contributed by atoms with E-state index in [1.165, 1.54) is 6.92 Å². The summed E-state index contributed by atoms with van der Waals surface area (Å²) < 4.78 is 0. The minimum absolute atomic E-state index is 0.0394. The van der Waals surface area contributed by atoms with Gasteiger partial charge in [-0.25, -0.2) is 0 Å². The van der Waals surface area contributed by atoms with Crippen LogP contribution in [0.15, 0.2) is 11.5 Å². The zero-order valence-electron chi connectivity index (χ0n) is 4.70. The second kappa shape index (κ2) is 1.76. The Hall–Kier alpha value is -0.980. The van der Waals surface area contributed by atoms with Crippen LogP contribution in [0.5, 0.6) is 0 Å². The highest BCUT2D eigenvalue weighted by atomic mass is 17.1. The van der Waals surface area contributed by atoms with Gasteiger partial charge in [-0.15, -0.1) is 0 Å². The Balaban J connectivity index is 2.79. The zero-order valence-corrected chi connectivity index (χ0v) is 4.70. The van der Waals surface area contributed by atoms with Crippen molar-refractivity contribution in [3.05, 3.63) is 21.9 Å². The maximum absolute atomic E-state index is 10.3. The number of allylic oxidation sites excluding steroid dienone is 1. The molecule has 0 atom stereocenters. The van der Waals surface area contributed by atoms with Gasteiger partial charge in [-0.1, -0.05) is 0 Å². The largest absolute Gasteiger partial charge is 0.732 e. The second-order valence-electron chi connectivity index (χ2n) is 1.57. The van der Waals surface area contributed by atoms with E-state index in [2.05, 4.69) is 4.94 Å². The molecule has 1 aliphatic heterocycles. The van der Waals surface area contributed by atoms with Crippen LogP contribution in [0.1, 0.15) is 6.92 Å². The van der Waals surface area contributed by atoms with Crippen molar-refractivity contribution in [3.63, 3.8) is 0 Å². The molecule has 0 fully saturated rings. The molecule has 0 saturated heterocycles. The SMILES string of the molecule is CC1=C(N)N([O-])ON1[O-]. The molecular formula is C3H5N3O3-2. The summed E-state index contributed by atoms with van der Waals surface area (Å²) >= 11 is 0. The Labute approximate surface area is 51.2 Å². The van der Waals surface area contributed by atoms with Gasteiger partial charge in [-0.2, -0.15) is 4.94 Å². The third-order valence-corrected chi connectivity index (χ3v) is 0.990. The van der Waals surface area contributed by atoms with Crippen molar-refractivity contribution < 1.29 is 4.94 Å². The van der Waals surface area contributed by atoms with Gasteiger partial charge in [0.1, 0.15) is 5.82 Å². The number of nitrogens with zero attached hydrogens (tertiary/aromatic N) is 2. The molecule has 9 heavy (non-hydrogen) atoms. The number of hydrogen-bond acceptors (Lipinski definition) is 6. The van der Waals surface area contributed by atoms with Crippen molar-refractivity contribution in [3.8, 4) is 0 Å². The summed E-state index contributed by atoms with van der Waals surface area (Å²) in [5.41, 5.74) is 5.11. The normalized spacial score (nSPS) is 19.9. The summed E-state index contributed by atoms with van der Waals surface area (Å²) in [6, 6.07) is 0. The Kier molecular flexibility index (Phi) is 1.20. The molecule has 0 radical (unpaired) electrons. The van der Waals surface area contributed by atoms with E-state index in [1.807, 2.05) is 0 Å². The Morgan fingerprint density at radius 1 is 1.44 bits per heavy atom. The van der Waals surface area contributed by atoms with Gasteiger partial charge in [0.2, 0.25) is 0 Å². The van der Waals surface area contributed by atoms with Crippen molar-refractivity contribution in [1.29, 1.82) is 0 Å². The van der Waals surface area contributed by atoms with E-state index in [0.717, 1.165) is 0 Å². The number of nitrogens with two attached hydrogens (primary N) is 1. The molecule has 0 unspecified atom stereocenters. The second-order valence-corrected chi connectivity index (χ2v) is 1.57. The quantitative estimate of drug-likeness (QED) is 0.481. The minimum atomic E-state index is -0.204.